The Balaban J connectivity index is 2.02. The Morgan fingerprint density at radius 2 is 1.67 bits per heavy atom. The van der Waals surface area contributed by atoms with E-state index in [0.29, 0.717) is 6.04 Å². The van der Waals surface area contributed by atoms with Crippen LogP contribution in [0.5, 0.6) is 0 Å². The molecule has 1 aliphatic heterocycles. The molecule has 118 valence electrons. The molecule has 1 aliphatic rings. The van der Waals surface area contributed by atoms with E-state index in [1.807, 2.05) is 0 Å². The van der Waals surface area contributed by atoms with E-state index in [4.69, 9.17) is 0 Å². The lowest BCUT2D eigenvalue weighted by Gasteiger charge is -2.44. The number of nitrogens with zero attached hydrogens (tertiary/aromatic N) is 2. The maximum atomic E-state index is 3.53. The highest BCUT2D eigenvalue weighted by atomic mass is 15.3. The summed E-state index contributed by atoms with van der Waals surface area (Å²) in [6.07, 6.45) is 0. The van der Waals surface area contributed by atoms with Crippen molar-refractivity contribution in [1.29, 1.82) is 0 Å². The number of hydrogen-bond donors (Lipinski definition) is 1. The number of piperazine rings is 1. The molecule has 1 fully saturated rings. The average Bonchev–Trinajstić information content (AvgIpc) is 2.48. The zero-order chi connectivity index (χ0) is 15.3. The first-order valence-electron chi connectivity index (χ1n) is 8.27. The van der Waals surface area contributed by atoms with E-state index in [0.717, 1.165) is 26.2 Å². The fourth-order valence-electron chi connectivity index (χ4n) is 3.12. The first-order chi connectivity index (χ1) is 10.0. The summed E-state index contributed by atoms with van der Waals surface area (Å²) in [5.74, 6) is 0. The van der Waals surface area contributed by atoms with Gasteiger partial charge in [0.2, 0.25) is 0 Å². The molecule has 0 amide bonds. The molecule has 0 aliphatic carbocycles. The monoisotopic (exact) mass is 289 g/mol. The minimum atomic E-state index is 0.288. The summed E-state index contributed by atoms with van der Waals surface area (Å²) in [4.78, 5) is 5.24. The van der Waals surface area contributed by atoms with Gasteiger partial charge in [-0.1, -0.05) is 37.3 Å². The number of hydrogen-bond acceptors (Lipinski definition) is 3. The second kappa shape index (κ2) is 7.39. The van der Waals surface area contributed by atoms with Gasteiger partial charge in [0.05, 0.1) is 0 Å². The van der Waals surface area contributed by atoms with Crippen molar-refractivity contribution in [2.45, 2.75) is 39.3 Å². The van der Waals surface area contributed by atoms with Crippen molar-refractivity contribution in [3.8, 4) is 0 Å². The molecule has 1 aromatic rings. The van der Waals surface area contributed by atoms with E-state index in [9.17, 15) is 0 Å². The standard InChI is InChI=1S/C18H31N3/c1-5-19-15-17(16-9-7-6-8-10-16)20-11-13-21(14-12-20)18(2,3)4/h6-10,17,19H,5,11-15H2,1-4H3. The Morgan fingerprint density at radius 1 is 1.05 bits per heavy atom. The molecule has 0 bridgehead atoms. The molecular weight excluding hydrogens is 258 g/mol. The van der Waals surface area contributed by atoms with Crippen molar-refractivity contribution in [2.75, 3.05) is 39.3 Å². The second-order valence-corrected chi connectivity index (χ2v) is 6.93. The van der Waals surface area contributed by atoms with Gasteiger partial charge in [0.1, 0.15) is 0 Å². The van der Waals surface area contributed by atoms with Crippen molar-refractivity contribution in [1.82, 2.24) is 15.1 Å². The summed E-state index contributed by atoms with van der Waals surface area (Å²) in [6, 6.07) is 11.4. The van der Waals surface area contributed by atoms with Gasteiger partial charge in [0.15, 0.2) is 0 Å². The van der Waals surface area contributed by atoms with Crippen LogP contribution in [-0.2, 0) is 0 Å². The maximum absolute atomic E-state index is 3.53. The van der Waals surface area contributed by atoms with E-state index in [1.54, 1.807) is 0 Å². The summed E-state index contributed by atoms with van der Waals surface area (Å²) in [6.45, 7) is 15.8. The summed E-state index contributed by atoms with van der Waals surface area (Å²) >= 11 is 0. The van der Waals surface area contributed by atoms with Gasteiger partial charge < -0.3 is 5.32 Å². The normalized spacial score (nSPS) is 19.6. The first-order valence-corrected chi connectivity index (χ1v) is 8.27. The van der Waals surface area contributed by atoms with Gasteiger partial charge in [0, 0.05) is 44.3 Å². The Bertz CT molecular complexity index is 402. The largest absolute Gasteiger partial charge is 0.315 e. The maximum Gasteiger partial charge on any atom is 0.0473 e. The summed E-state index contributed by atoms with van der Waals surface area (Å²) in [5, 5.41) is 3.53. The molecule has 0 aromatic heterocycles. The van der Waals surface area contributed by atoms with E-state index in [-0.39, 0.29) is 5.54 Å². The van der Waals surface area contributed by atoms with Crippen LogP contribution < -0.4 is 5.32 Å². The zero-order valence-electron chi connectivity index (χ0n) is 14.1. The lowest BCUT2D eigenvalue weighted by molar-refractivity contribution is 0.0416. The van der Waals surface area contributed by atoms with Gasteiger partial charge in [-0.25, -0.2) is 0 Å². The van der Waals surface area contributed by atoms with Crippen LogP contribution in [0.1, 0.15) is 39.3 Å². The molecule has 3 heteroatoms. The Hall–Kier alpha value is -0.900. The van der Waals surface area contributed by atoms with Crippen LogP contribution in [0, 0.1) is 0 Å². The summed E-state index contributed by atoms with van der Waals surface area (Å²) < 4.78 is 0. The molecule has 21 heavy (non-hydrogen) atoms. The number of benzene rings is 1. The summed E-state index contributed by atoms with van der Waals surface area (Å²) in [7, 11) is 0. The number of likely N-dealkylation sites (N-methyl/N-ethyl adjacent to an activating group) is 1. The molecular formula is C18H31N3. The van der Waals surface area contributed by atoms with Crippen LogP contribution in [-0.4, -0.2) is 54.6 Å². The Kier molecular flexibility index (Phi) is 5.80. The van der Waals surface area contributed by atoms with Gasteiger partial charge in [-0.2, -0.15) is 0 Å². The fraction of sp³-hybridized carbons (Fsp3) is 0.667. The third kappa shape index (κ3) is 4.53. The van der Waals surface area contributed by atoms with Crippen LogP contribution in [0.4, 0.5) is 0 Å². The van der Waals surface area contributed by atoms with E-state index in [1.165, 1.54) is 18.7 Å². The van der Waals surface area contributed by atoms with E-state index < -0.39 is 0 Å². The molecule has 1 N–H and O–H groups in total. The van der Waals surface area contributed by atoms with Gasteiger partial charge in [-0.15, -0.1) is 0 Å². The van der Waals surface area contributed by atoms with Gasteiger partial charge >= 0.3 is 0 Å². The quantitative estimate of drug-likeness (QED) is 0.899. The molecule has 1 unspecified atom stereocenters. The molecule has 1 heterocycles. The van der Waals surface area contributed by atoms with Crippen molar-refractivity contribution < 1.29 is 0 Å². The molecule has 1 saturated heterocycles. The molecule has 1 aromatic carbocycles. The molecule has 0 radical (unpaired) electrons. The SMILES string of the molecule is CCNCC(c1ccccc1)N1CCN(C(C)(C)C)CC1. The van der Waals surface area contributed by atoms with E-state index in [2.05, 4.69) is 73.1 Å². The van der Waals surface area contributed by atoms with Gasteiger partial charge in [-0.05, 0) is 32.9 Å². The summed E-state index contributed by atoms with van der Waals surface area (Å²) in [5.41, 5.74) is 1.72. The highest BCUT2D eigenvalue weighted by molar-refractivity contribution is 5.19. The van der Waals surface area contributed by atoms with Crippen LogP contribution in [0.3, 0.4) is 0 Å². The lowest BCUT2D eigenvalue weighted by Crippen LogP contribution is -2.54. The minimum absolute atomic E-state index is 0.288. The van der Waals surface area contributed by atoms with Crippen LogP contribution in [0.15, 0.2) is 30.3 Å². The van der Waals surface area contributed by atoms with Crippen molar-refractivity contribution in [2.24, 2.45) is 0 Å². The molecule has 1 atom stereocenters. The van der Waals surface area contributed by atoms with Crippen molar-refractivity contribution in [3.05, 3.63) is 35.9 Å². The van der Waals surface area contributed by atoms with E-state index >= 15 is 0 Å². The fourth-order valence-corrected chi connectivity index (χ4v) is 3.12. The topological polar surface area (TPSA) is 18.5 Å². The van der Waals surface area contributed by atoms with Crippen molar-refractivity contribution in [3.63, 3.8) is 0 Å². The number of nitrogens with one attached hydrogen (secondary N) is 1. The van der Waals surface area contributed by atoms with Gasteiger partial charge in [0.25, 0.3) is 0 Å². The molecule has 0 saturated carbocycles. The lowest BCUT2D eigenvalue weighted by atomic mass is 10.0. The average molecular weight is 289 g/mol. The smallest absolute Gasteiger partial charge is 0.0473 e. The minimum Gasteiger partial charge on any atom is -0.315 e. The third-order valence-electron chi connectivity index (χ3n) is 4.48. The van der Waals surface area contributed by atoms with Gasteiger partial charge in [-0.3, -0.25) is 9.80 Å². The van der Waals surface area contributed by atoms with Crippen LogP contribution in [0.2, 0.25) is 0 Å². The van der Waals surface area contributed by atoms with Crippen molar-refractivity contribution >= 4 is 0 Å². The first kappa shape index (κ1) is 16.5. The Morgan fingerprint density at radius 3 is 2.19 bits per heavy atom. The predicted octanol–water partition coefficient (Wildman–Crippen LogP) is 2.75. The third-order valence-corrected chi connectivity index (χ3v) is 4.48. The van der Waals surface area contributed by atoms with Crippen LogP contribution in [0.25, 0.3) is 0 Å². The second-order valence-electron chi connectivity index (χ2n) is 6.93. The number of rotatable bonds is 5. The molecule has 3 nitrogen and oxygen atoms in total. The van der Waals surface area contributed by atoms with Crippen LogP contribution >= 0.6 is 0 Å². The predicted molar refractivity (Wildman–Crippen MR) is 90.6 cm³/mol. The Labute approximate surface area is 130 Å². The zero-order valence-corrected chi connectivity index (χ0v) is 14.1. The highest BCUT2D eigenvalue weighted by Gasteiger charge is 2.29. The molecule has 0 spiro atoms. The highest BCUT2D eigenvalue weighted by Crippen LogP contribution is 2.24. The molecule has 2 rings (SSSR count).